The normalized spacial score (nSPS) is 20.2. The Morgan fingerprint density at radius 1 is 0.889 bits per heavy atom. The van der Waals surface area contributed by atoms with Crippen LogP contribution < -0.4 is 0 Å². The molecule has 0 saturated heterocycles. The van der Waals surface area contributed by atoms with Gasteiger partial charge in [-0.05, 0) is 86.5 Å². The van der Waals surface area contributed by atoms with Gasteiger partial charge in [0.15, 0.2) is 0 Å². The lowest BCUT2D eigenvalue weighted by Crippen LogP contribution is -2.13. The molecule has 1 fully saturated rings. The van der Waals surface area contributed by atoms with Gasteiger partial charge in [0.05, 0.1) is 6.61 Å². The van der Waals surface area contributed by atoms with Crippen LogP contribution in [0.5, 0.6) is 0 Å². The van der Waals surface area contributed by atoms with Gasteiger partial charge in [-0.25, -0.2) is 0 Å². The SMILES string of the molecule is CC=CCC[C@H]1CC[C@H](c2ccc(-c3ccc(COCC)cc3)cc2)CC1. The lowest BCUT2D eigenvalue weighted by molar-refractivity contribution is 0.134. The van der Waals surface area contributed by atoms with E-state index >= 15 is 0 Å². The van der Waals surface area contributed by atoms with Crippen LogP contribution in [0, 0.1) is 5.92 Å². The van der Waals surface area contributed by atoms with E-state index in [0.29, 0.717) is 6.61 Å². The average Bonchev–Trinajstić information content (AvgIpc) is 2.73. The molecule has 1 aliphatic carbocycles. The van der Waals surface area contributed by atoms with Gasteiger partial charge in [0.1, 0.15) is 0 Å². The molecule has 1 nitrogen and oxygen atoms in total. The number of hydrogen-bond acceptors (Lipinski definition) is 1. The monoisotopic (exact) mass is 362 g/mol. The van der Waals surface area contributed by atoms with Gasteiger partial charge < -0.3 is 4.74 Å². The molecule has 3 rings (SSSR count). The van der Waals surface area contributed by atoms with Gasteiger partial charge in [-0.1, -0.05) is 60.7 Å². The quantitative estimate of drug-likeness (QED) is 0.441. The first kappa shape index (κ1) is 19.9. The van der Waals surface area contributed by atoms with E-state index < -0.39 is 0 Å². The zero-order valence-electron chi connectivity index (χ0n) is 17.0. The fourth-order valence-electron chi connectivity index (χ4n) is 4.24. The van der Waals surface area contributed by atoms with Gasteiger partial charge in [-0.3, -0.25) is 0 Å². The van der Waals surface area contributed by atoms with Gasteiger partial charge in [0.2, 0.25) is 0 Å². The number of benzene rings is 2. The second-order valence-corrected chi connectivity index (χ2v) is 7.82. The summed E-state index contributed by atoms with van der Waals surface area (Å²) in [6, 6.07) is 18.1. The van der Waals surface area contributed by atoms with Gasteiger partial charge in [0, 0.05) is 6.61 Å². The predicted octanol–water partition coefficient (Wildman–Crippen LogP) is 7.52. The third-order valence-corrected chi connectivity index (χ3v) is 5.97. The van der Waals surface area contributed by atoms with E-state index in [1.165, 1.54) is 60.8 Å². The zero-order chi connectivity index (χ0) is 18.9. The van der Waals surface area contributed by atoms with E-state index in [0.717, 1.165) is 18.4 Å². The topological polar surface area (TPSA) is 9.23 Å². The van der Waals surface area contributed by atoms with Crippen molar-refractivity contribution < 1.29 is 4.74 Å². The molecule has 0 bridgehead atoms. The number of allylic oxidation sites excluding steroid dienone is 2. The molecule has 0 N–H and O–H groups in total. The van der Waals surface area contributed by atoms with Gasteiger partial charge in [-0.2, -0.15) is 0 Å². The highest BCUT2D eigenvalue weighted by Gasteiger charge is 2.21. The van der Waals surface area contributed by atoms with E-state index in [-0.39, 0.29) is 0 Å². The Bertz CT molecular complexity index is 688. The summed E-state index contributed by atoms with van der Waals surface area (Å²) in [7, 11) is 0. The largest absolute Gasteiger partial charge is 0.377 e. The van der Waals surface area contributed by atoms with E-state index in [4.69, 9.17) is 4.74 Å². The van der Waals surface area contributed by atoms with Crippen LogP contribution in [0.2, 0.25) is 0 Å². The Balaban J connectivity index is 1.54. The highest BCUT2D eigenvalue weighted by atomic mass is 16.5. The van der Waals surface area contributed by atoms with Crippen molar-refractivity contribution in [3.8, 4) is 11.1 Å². The molecule has 0 amide bonds. The Morgan fingerprint density at radius 2 is 1.52 bits per heavy atom. The summed E-state index contributed by atoms with van der Waals surface area (Å²) in [5.74, 6) is 1.69. The molecule has 1 heteroatoms. The standard InChI is InChI=1S/C26H34O/c1-3-5-6-7-21-8-12-23(13-9-21)25-16-18-26(19-17-25)24-14-10-22(11-15-24)20-27-4-2/h3,5,10-11,14-19,21,23H,4,6-9,12-13,20H2,1-2H3/t21-,23-. The molecule has 0 aromatic heterocycles. The minimum absolute atomic E-state index is 0.702. The molecule has 1 aliphatic rings. The van der Waals surface area contributed by atoms with Crippen LogP contribution in [0.4, 0.5) is 0 Å². The Kier molecular flexibility index (Phi) is 7.71. The van der Waals surface area contributed by atoms with Crippen molar-refractivity contribution >= 4 is 0 Å². The third kappa shape index (κ3) is 5.81. The fraction of sp³-hybridized carbons (Fsp3) is 0.462. The molecule has 2 aromatic rings. The molecule has 2 aromatic carbocycles. The summed E-state index contributed by atoms with van der Waals surface area (Å²) in [4.78, 5) is 0. The molecule has 0 aliphatic heterocycles. The maximum Gasteiger partial charge on any atom is 0.0716 e. The zero-order valence-corrected chi connectivity index (χ0v) is 17.0. The first-order valence-electron chi connectivity index (χ1n) is 10.7. The molecule has 0 heterocycles. The van der Waals surface area contributed by atoms with Crippen molar-refractivity contribution in [1.82, 2.24) is 0 Å². The maximum atomic E-state index is 5.48. The lowest BCUT2D eigenvalue weighted by atomic mass is 9.77. The minimum Gasteiger partial charge on any atom is -0.377 e. The van der Waals surface area contributed by atoms with Crippen LogP contribution in [0.25, 0.3) is 11.1 Å². The third-order valence-electron chi connectivity index (χ3n) is 5.97. The first-order chi connectivity index (χ1) is 13.3. The van der Waals surface area contributed by atoms with Crippen LogP contribution in [0.3, 0.4) is 0 Å². The maximum absolute atomic E-state index is 5.48. The number of hydrogen-bond donors (Lipinski definition) is 0. The molecule has 27 heavy (non-hydrogen) atoms. The minimum atomic E-state index is 0.702. The highest BCUT2D eigenvalue weighted by Crippen LogP contribution is 2.38. The molecular formula is C26H34O. The molecule has 144 valence electrons. The van der Waals surface area contributed by atoms with Crippen molar-refractivity contribution in [2.45, 2.75) is 64.9 Å². The second-order valence-electron chi connectivity index (χ2n) is 7.82. The lowest BCUT2D eigenvalue weighted by Gasteiger charge is -2.28. The fourth-order valence-corrected chi connectivity index (χ4v) is 4.24. The summed E-state index contributed by atoms with van der Waals surface area (Å²) < 4.78 is 5.48. The average molecular weight is 363 g/mol. The van der Waals surface area contributed by atoms with Crippen LogP contribution in [-0.2, 0) is 11.3 Å². The molecule has 1 saturated carbocycles. The first-order valence-corrected chi connectivity index (χ1v) is 10.7. The van der Waals surface area contributed by atoms with E-state index in [2.05, 4.69) is 67.6 Å². The highest BCUT2D eigenvalue weighted by molar-refractivity contribution is 5.64. The Morgan fingerprint density at radius 3 is 2.11 bits per heavy atom. The number of rotatable bonds is 8. The second kappa shape index (κ2) is 10.5. The van der Waals surface area contributed by atoms with Crippen molar-refractivity contribution in [3.05, 3.63) is 71.8 Å². The van der Waals surface area contributed by atoms with E-state index in [1.54, 1.807) is 0 Å². The predicted molar refractivity (Wildman–Crippen MR) is 116 cm³/mol. The molecule has 0 unspecified atom stereocenters. The van der Waals surface area contributed by atoms with Gasteiger partial charge in [-0.15, -0.1) is 0 Å². The Labute approximate surface area is 165 Å². The summed E-state index contributed by atoms with van der Waals surface area (Å²) in [6.45, 7) is 5.62. The van der Waals surface area contributed by atoms with Crippen LogP contribution in [-0.4, -0.2) is 6.61 Å². The smallest absolute Gasteiger partial charge is 0.0716 e. The van der Waals surface area contributed by atoms with Crippen molar-refractivity contribution in [3.63, 3.8) is 0 Å². The van der Waals surface area contributed by atoms with Crippen molar-refractivity contribution in [2.24, 2.45) is 5.92 Å². The molecule has 0 atom stereocenters. The van der Waals surface area contributed by atoms with Crippen LogP contribution in [0.15, 0.2) is 60.7 Å². The summed E-state index contributed by atoms with van der Waals surface area (Å²) >= 11 is 0. The van der Waals surface area contributed by atoms with Gasteiger partial charge in [0.25, 0.3) is 0 Å². The summed E-state index contributed by atoms with van der Waals surface area (Å²) in [5, 5.41) is 0. The molecule has 0 radical (unpaired) electrons. The van der Waals surface area contributed by atoms with Gasteiger partial charge >= 0.3 is 0 Å². The van der Waals surface area contributed by atoms with Crippen molar-refractivity contribution in [1.29, 1.82) is 0 Å². The van der Waals surface area contributed by atoms with E-state index in [1.807, 2.05) is 6.92 Å². The molecule has 0 spiro atoms. The van der Waals surface area contributed by atoms with Crippen molar-refractivity contribution in [2.75, 3.05) is 6.61 Å². The molecular weight excluding hydrogens is 328 g/mol. The van der Waals surface area contributed by atoms with Crippen LogP contribution >= 0.6 is 0 Å². The summed E-state index contributed by atoms with van der Waals surface area (Å²) in [5.41, 5.74) is 5.36. The Hall–Kier alpha value is -1.86. The van der Waals surface area contributed by atoms with Crippen LogP contribution in [0.1, 0.15) is 69.4 Å². The number of ether oxygens (including phenoxy) is 1. The summed E-state index contributed by atoms with van der Waals surface area (Å²) in [6.07, 6.45) is 12.6. The van der Waals surface area contributed by atoms with E-state index in [9.17, 15) is 0 Å².